The van der Waals surface area contributed by atoms with Gasteiger partial charge in [-0.2, -0.15) is 0 Å². The predicted octanol–water partition coefficient (Wildman–Crippen LogP) is 4.29. The molecule has 2 aromatic carbocycles. The van der Waals surface area contributed by atoms with Crippen LogP contribution in [0.5, 0.6) is 0 Å². The lowest BCUT2D eigenvalue weighted by Crippen LogP contribution is -2.51. The van der Waals surface area contributed by atoms with E-state index >= 15 is 0 Å². The molecule has 24 heavy (non-hydrogen) atoms. The van der Waals surface area contributed by atoms with Gasteiger partial charge in [-0.3, -0.25) is 4.90 Å². The first kappa shape index (κ1) is 16.7. The Hall–Kier alpha value is -2.13. The first-order chi connectivity index (χ1) is 11.5. The van der Waals surface area contributed by atoms with Crippen LogP contribution in [0.1, 0.15) is 42.6 Å². The van der Waals surface area contributed by atoms with Gasteiger partial charge in [0, 0.05) is 25.0 Å². The predicted molar refractivity (Wildman–Crippen MR) is 95.8 cm³/mol. The number of hydrogen-bond acceptors (Lipinski definition) is 3. The van der Waals surface area contributed by atoms with Crippen molar-refractivity contribution in [3.63, 3.8) is 0 Å². The Morgan fingerprint density at radius 3 is 2.33 bits per heavy atom. The van der Waals surface area contributed by atoms with Crippen molar-refractivity contribution in [2.75, 3.05) is 6.54 Å². The number of benzene rings is 2. The van der Waals surface area contributed by atoms with Crippen molar-refractivity contribution in [1.82, 2.24) is 4.90 Å². The first-order valence-corrected chi connectivity index (χ1v) is 8.59. The van der Waals surface area contributed by atoms with Gasteiger partial charge in [0.15, 0.2) is 0 Å². The minimum Gasteiger partial charge on any atom is -0.459 e. The molecule has 1 saturated heterocycles. The van der Waals surface area contributed by atoms with Crippen molar-refractivity contribution in [1.29, 1.82) is 0 Å². The topological polar surface area (TPSA) is 29.5 Å². The van der Waals surface area contributed by atoms with Crippen LogP contribution in [0.15, 0.2) is 60.7 Å². The minimum absolute atomic E-state index is 0.00965. The number of nitrogens with zero attached hydrogens (tertiary/aromatic N) is 1. The van der Waals surface area contributed by atoms with Crippen molar-refractivity contribution in [3.05, 3.63) is 71.8 Å². The Morgan fingerprint density at radius 2 is 1.71 bits per heavy atom. The quantitative estimate of drug-likeness (QED) is 0.786. The van der Waals surface area contributed by atoms with E-state index in [0.29, 0.717) is 5.56 Å². The van der Waals surface area contributed by atoms with Crippen LogP contribution in [0, 0.1) is 0 Å². The van der Waals surface area contributed by atoms with Crippen LogP contribution in [0.3, 0.4) is 0 Å². The van der Waals surface area contributed by atoms with Crippen molar-refractivity contribution in [3.8, 4) is 0 Å². The number of carbonyl (C=O) groups excluding carboxylic acids is 1. The largest absolute Gasteiger partial charge is 0.459 e. The van der Waals surface area contributed by atoms with Gasteiger partial charge in [0.05, 0.1) is 5.56 Å². The summed E-state index contributed by atoms with van der Waals surface area (Å²) in [5.74, 6) is -0.215. The van der Waals surface area contributed by atoms with Crippen LogP contribution in [-0.2, 0) is 11.3 Å². The van der Waals surface area contributed by atoms with Crippen LogP contribution in [0.4, 0.5) is 0 Å². The molecule has 0 aromatic heterocycles. The second-order valence-electron chi connectivity index (χ2n) is 7.11. The number of carbonyl (C=O) groups is 1. The molecule has 2 aromatic rings. The van der Waals surface area contributed by atoms with Crippen LogP contribution in [-0.4, -0.2) is 29.1 Å². The van der Waals surface area contributed by atoms with Gasteiger partial charge in [-0.15, -0.1) is 0 Å². The lowest BCUT2D eigenvalue weighted by atomic mass is 9.88. The zero-order valence-electron chi connectivity index (χ0n) is 14.4. The first-order valence-electron chi connectivity index (χ1n) is 8.59. The van der Waals surface area contributed by atoms with Gasteiger partial charge >= 0.3 is 5.97 Å². The van der Waals surface area contributed by atoms with Gasteiger partial charge in [-0.1, -0.05) is 48.5 Å². The fourth-order valence-electron chi connectivity index (χ4n) is 3.38. The Morgan fingerprint density at radius 1 is 1.08 bits per heavy atom. The summed E-state index contributed by atoms with van der Waals surface area (Å²) < 4.78 is 5.75. The maximum atomic E-state index is 12.3. The van der Waals surface area contributed by atoms with Crippen molar-refractivity contribution in [2.24, 2.45) is 0 Å². The zero-order chi connectivity index (χ0) is 17.0. The summed E-state index contributed by atoms with van der Waals surface area (Å²) in [6.07, 6.45) is 1.73. The molecule has 1 aliphatic rings. The summed E-state index contributed by atoms with van der Waals surface area (Å²) >= 11 is 0. The number of rotatable bonds is 4. The summed E-state index contributed by atoms with van der Waals surface area (Å²) in [5, 5.41) is 0. The zero-order valence-corrected chi connectivity index (χ0v) is 14.4. The Labute approximate surface area is 144 Å². The Kier molecular flexibility index (Phi) is 5.00. The molecule has 3 nitrogen and oxygen atoms in total. The molecule has 1 unspecified atom stereocenters. The Balaban J connectivity index is 1.60. The number of piperidine rings is 1. The van der Waals surface area contributed by atoms with Gasteiger partial charge in [0.2, 0.25) is 0 Å². The third kappa shape index (κ3) is 4.04. The average Bonchev–Trinajstić information content (AvgIpc) is 2.58. The van der Waals surface area contributed by atoms with E-state index in [9.17, 15) is 4.79 Å². The second kappa shape index (κ2) is 7.18. The second-order valence-corrected chi connectivity index (χ2v) is 7.11. The van der Waals surface area contributed by atoms with E-state index < -0.39 is 0 Å². The van der Waals surface area contributed by atoms with Crippen molar-refractivity contribution < 1.29 is 9.53 Å². The van der Waals surface area contributed by atoms with Crippen molar-refractivity contribution >= 4 is 5.97 Å². The molecule has 0 aliphatic carbocycles. The van der Waals surface area contributed by atoms with E-state index in [-0.39, 0.29) is 17.6 Å². The van der Waals surface area contributed by atoms with E-state index in [1.165, 1.54) is 5.56 Å². The van der Waals surface area contributed by atoms with E-state index in [0.717, 1.165) is 25.9 Å². The summed E-state index contributed by atoms with van der Waals surface area (Å²) in [6, 6.07) is 19.8. The molecule has 0 radical (unpaired) electrons. The fourth-order valence-corrected chi connectivity index (χ4v) is 3.38. The van der Waals surface area contributed by atoms with E-state index in [2.05, 4.69) is 43.0 Å². The van der Waals surface area contributed by atoms with Crippen LogP contribution in [0.2, 0.25) is 0 Å². The smallest absolute Gasteiger partial charge is 0.338 e. The number of ether oxygens (including phenoxy) is 1. The van der Waals surface area contributed by atoms with Crippen LogP contribution < -0.4 is 0 Å². The van der Waals surface area contributed by atoms with E-state index in [1.807, 2.05) is 24.3 Å². The molecule has 0 N–H and O–H groups in total. The highest BCUT2D eigenvalue weighted by Crippen LogP contribution is 2.31. The van der Waals surface area contributed by atoms with Crippen LogP contribution in [0.25, 0.3) is 0 Å². The molecule has 1 atom stereocenters. The van der Waals surface area contributed by atoms with Crippen molar-refractivity contribution in [2.45, 2.75) is 44.9 Å². The van der Waals surface area contributed by atoms with E-state index in [4.69, 9.17) is 4.74 Å². The maximum Gasteiger partial charge on any atom is 0.338 e. The highest BCUT2D eigenvalue weighted by atomic mass is 16.5. The highest BCUT2D eigenvalue weighted by molar-refractivity contribution is 5.89. The van der Waals surface area contributed by atoms with Crippen LogP contribution >= 0.6 is 0 Å². The SMILES string of the molecule is CC1(C)CC(OC(=O)c2ccccc2)CCN1Cc1ccccc1. The molecule has 0 saturated carbocycles. The number of hydrogen-bond donors (Lipinski definition) is 0. The minimum atomic E-state index is -0.215. The standard InChI is InChI=1S/C21H25NO2/c1-21(2)15-19(24-20(23)18-11-7-4-8-12-18)13-14-22(21)16-17-9-5-3-6-10-17/h3-12,19H,13-16H2,1-2H3. The van der Waals surface area contributed by atoms with Gasteiger partial charge in [0.25, 0.3) is 0 Å². The highest BCUT2D eigenvalue weighted by Gasteiger charge is 2.36. The molecule has 0 bridgehead atoms. The van der Waals surface area contributed by atoms with Gasteiger partial charge in [-0.25, -0.2) is 4.79 Å². The summed E-state index contributed by atoms with van der Waals surface area (Å²) in [4.78, 5) is 14.7. The summed E-state index contributed by atoms with van der Waals surface area (Å²) in [6.45, 7) is 6.35. The fraction of sp³-hybridized carbons (Fsp3) is 0.381. The van der Waals surface area contributed by atoms with Gasteiger partial charge < -0.3 is 4.74 Å². The summed E-state index contributed by atoms with van der Waals surface area (Å²) in [7, 11) is 0. The molecule has 0 amide bonds. The molecular weight excluding hydrogens is 298 g/mol. The lowest BCUT2D eigenvalue weighted by molar-refractivity contribution is -0.0292. The molecule has 126 valence electrons. The molecule has 3 heteroatoms. The third-order valence-electron chi connectivity index (χ3n) is 4.80. The van der Waals surface area contributed by atoms with E-state index in [1.54, 1.807) is 12.1 Å². The monoisotopic (exact) mass is 323 g/mol. The molecule has 0 spiro atoms. The normalized spacial score (nSPS) is 20.5. The number of esters is 1. The Bertz CT molecular complexity index is 667. The molecule has 3 rings (SSSR count). The van der Waals surface area contributed by atoms with Gasteiger partial charge in [-0.05, 0) is 38.0 Å². The third-order valence-corrected chi connectivity index (χ3v) is 4.80. The molecular formula is C21H25NO2. The maximum absolute atomic E-state index is 12.3. The average molecular weight is 323 g/mol. The molecule has 1 fully saturated rings. The van der Waals surface area contributed by atoms with Gasteiger partial charge in [0.1, 0.15) is 6.10 Å². The molecule has 1 aliphatic heterocycles. The molecule has 1 heterocycles. The number of likely N-dealkylation sites (tertiary alicyclic amines) is 1. The summed E-state index contributed by atoms with van der Waals surface area (Å²) in [5.41, 5.74) is 1.96. The lowest BCUT2D eigenvalue weighted by Gasteiger charge is -2.45.